The topological polar surface area (TPSA) is 0 Å². The van der Waals surface area contributed by atoms with Gasteiger partial charge < -0.3 is 0 Å². The quantitative estimate of drug-likeness (QED) is 0.331. The first-order valence-electron chi connectivity index (χ1n) is 10.9. The van der Waals surface area contributed by atoms with Gasteiger partial charge in [-0.2, -0.15) is 0 Å². The van der Waals surface area contributed by atoms with E-state index in [1.165, 1.54) is 38.2 Å². The fraction of sp³-hybridized carbons (Fsp3) is 0.310. The van der Waals surface area contributed by atoms with Crippen LogP contribution in [0.25, 0.3) is 21.5 Å². The van der Waals surface area contributed by atoms with Crippen LogP contribution in [-0.2, 0) is 0 Å². The predicted molar refractivity (Wildman–Crippen MR) is 130 cm³/mol. The summed E-state index contributed by atoms with van der Waals surface area (Å²) in [6.45, 7) is 13.6. The number of fused-ring (bicyclic) bond motifs is 2. The molecule has 150 valence electrons. The molecule has 0 unspecified atom stereocenters. The molecule has 4 aromatic rings. The van der Waals surface area contributed by atoms with Gasteiger partial charge in [0.15, 0.2) is 0 Å². The highest BCUT2D eigenvalue weighted by Crippen LogP contribution is 2.32. The van der Waals surface area contributed by atoms with E-state index in [-0.39, 0.29) is 0 Å². The van der Waals surface area contributed by atoms with Crippen molar-refractivity contribution in [2.24, 2.45) is 0 Å². The Bertz CT molecular complexity index is 1080. The SMILES string of the molecule is CC(C)c1ccc2ccccc2c1.CC(C)c1ccc2ccccc2c1C(C)C. The van der Waals surface area contributed by atoms with Crippen LogP contribution in [0.4, 0.5) is 0 Å². The Labute approximate surface area is 176 Å². The van der Waals surface area contributed by atoms with Gasteiger partial charge in [0.1, 0.15) is 0 Å². The molecule has 0 bridgehead atoms. The molecule has 0 aliphatic heterocycles. The van der Waals surface area contributed by atoms with E-state index in [1.54, 1.807) is 0 Å². The molecule has 0 saturated heterocycles. The lowest BCUT2D eigenvalue weighted by molar-refractivity contribution is 0.798. The molecule has 0 aromatic heterocycles. The Morgan fingerprint density at radius 3 is 1.69 bits per heavy atom. The Balaban J connectivity index is 0.000000169. The molecule has 4 rings (SSSR count). The van der Waals surface area contributed by atoms with E-state index in [4.69, 9.17) is 0 Å². The summed E-state index contributed by atoms with van der Waals surface area (Å²) in [5, 5.41) is 5.44. The van der Waals surface area contributed by atoms with Crippen molar-refractivity contribution in [3.8, 4) is 0 Å². The third-order valence-electron chi connectivity index (χ3n) is 5.64. The average molecular weight is 383 g/mol. The second-order valence-electron chi connectivity index (χ2n) is 8.86. The van der Waals surface area contributed by atoms with Crippen LogP contribution in [-0.4, -0.2) is 0 Å². The van der Waals surface area contributed by atoms with Gasteiger partial charge in [-0.3, -0.25) is 0 Å². The molecule has 0 amide bonds. The molecule has 0 atom stereocenters. The van der Waals surface area contributed by atoms with Gasteiger partial charge >= 0.3 is 0 Å². The number of hydrogen-bond acceptors (Lipinski definition) is 0. The van der Waals surface area contributed by atoms with E-state index in [9.17, 15) is 0 Å². The van der Waals surface area contributed by atoms with Crippen LogP contribution in [0.5, 0.6) is 0 Å². The predicted octanol–water partition coefficient (Wildman–Crippen LogP) is 9.05. The zero-order valence-corrected chi connectivity index (χ0v) is 18.7. The average Bonchev–Trinajstić information content (AvgIpc) is 2.72. The standard InChI is InChI=1S/C16H20.C13H14/c1-11(2)14-10-9-13-7-5-6-8-15(13)16(14)12(3)4;1-10(2)12-8-7-11-5-3-4-6-13(11)9-12/h5-12H,1-4H3;3-10H,1-2H3. The summed E-state index contributed by atoms with van der Waals surface area (Å²) < 4.78 is 0. The van der Waals surface area contributed by atoms with Crippen molar-refractivity contribution in [1.82, 2.24) is 0 Å². The van der Waals surface area contributed by atoms with E-state index in [2.05, 4.69) is 120 Å². The van der Waals surface area contributed by atoms with Crippen LogP contribution >= 0.6 is 0 Å². The van der Waals surface area contributed by atoms with Crippen molar-refractivity contribution >= 4 is 21.5 Å². The maximum Gasteiger partial charge on any atom is -0.0146 e. The van der Waals surface area contributed by atoms with Crippen LogP contribution in [0.15, 0.2) is 78.9 Å². The molecule has 29 heavy (non-hydrogen) atoms. The highest BCUT2D eigenvalue weighted by molar-refractivity contribution is 5.87. The second kappa shape index (κ2) is 9.27. The van der Waals surface area contributed by atoms with Gasteiger partial charge in [-0.1, -0.05) is 120 Å². The molecule has 0 heteroatoms. The molecule has 0 heterocycles. The molecule has 0 nitrogen and oxygen atoms in total. The lowest BCUT2D eigenvalue weighted by Gasteiger charge is -2.18. The third-order valence-corrected chi connectivity index (χ3v) is 5.64. The van der Waals surface area contributed by atoms with E-state index >= 15 is 0 Å². The van der Waals surface area contributed by atoms with Crippen LogP contribution in [0.2, 0.25) is 0 Å². The van der Waals surface area contributed by atoms with Crippen LogP contribution in [0, 0.1) is 0 Å². The van der Waals surface area contributed by atoms with Gasteiger partial charge in [-0.25, -0.2) is 0 Å². The zero-order chi connectivity index (χ0) is 21.0. The molecule has 0 fully saturated rings. The molecule has 0 spiro atoms. The van der Waals surface area contributed by atoms with E-state index in [1.807, 2.05) is 0 Å². The van der Waals surface area contributed by atoms with Gasteiger partial charge in [0.05, 0.1) is 0 Å². The van der Waals surface area contributed by atoms with Crippen LogP contribution in [0.1, 0.15) is 76.0 Å². The van der Waals surface area contributed by atoms with E-state index < -0.39 is 0 Å². The third kappa shape index (κ3) is 4.88. The monoisotopic (exact) mass is 382 g/mol. The lowest BCUT2D eigenvalue weighted by Crippen LogP contribution is -1.99. The van der Waals surface area contributed by atoms with Gasteiger partial charge in [0.25, 0.3) is 0 Å². The summed E-state index contributed by atoms with van der Waals surface area (Å²) in [6, 6.07) is 28.4. The highest BCUT2D eigenvalue weighted by Gasteiger charge is 2.12. The molecule has 0 saturated carbocycles. The Kier molecular flexibility index (Phi) is 6.75. The summed E-state index contributed by atoms with van der Waals surface area (Å²) in [5.41, 5.74) is 4.43. The minimum Gasteiger partial charge on any atom is -0.0616 e. The van der Waals surface area contributed by atoms with Gasteiger partial charge in [0, 0.05) is 0 Å². The highest BCUT2D eigenvalue weighted by atomic mass is 14.2. The van der Waals surface area contributed by atoms with Crippen molar-refractivity contribution in [1.29, 1.82) is 0 Å². The molecule has 0 N–H and O–H groups in total. The fourth-order valence-electron chi connectivity index (χ4n) is 4.03. The van der Waals surface area contributed by atoms with Crippen molar-refractivity contribution in [3.05, 3.63) is 95.6 Å². The molecule has 0 radical (unpaired) electrons. The molecular formula is C29H34. The molecule has 0 aliphatic carbocycles. The Morgan fingerprint density at radius 1 is 0.483 bits per heavy atom. The van der Waals surface area contributed by atoms with Crippen molar-refractivity contribution in [2.75, 3.05) is 0 Å². The summed E-state index contributed by atoms with van der Waals surface area (Å²) in [6.07, 6.45) is 0. The molecular weight excluding hydrogens is 348 g/mol. The number of benzene rings is 4. The normalized spacial score (nSPS) is 11.3. The summed E-state index contributed by atoms with van der Waals surface area (Å²) in [7, 11) is 0. The summed E-state index contributed by atoms with van der Waals surface area (Å²) in [5.74, 6) is 1.80. The minimum absolute atomic E-state index is 0.587. The number of hydrogen-bond donors (Lipinski definition) is 0. The number of rotatable bonds is 3. The Morgan fingerprint density at radius 2 is 1.07 bits per heavy atom. The van der Waals surface area contributed by atoms with Crippen LogP contribution < -0.4 is 0 Å². The first-order valence-corrected chi connectivity index (χ1v) is 10.9. The zero-order valence-electron chi connectivity index (χ0n) is 18.7. The van der Waals surface area contributed by atoms with Gasteiger partial charge in [0.2, 0.25) is 0 Å². The minimum atomic E-state index is 0.587. The maximum atomic E-state index is 2.29. The first-order chi connectivity index (χ1) is 13.9. The fourth-order valence-corrected chi connectivity index (χ4v) is 4.03. The summed E-state index contributed by atoms with van der Waals surface area (Å²) in [4.78, 5) is 0. The van der Waals surface area contributed by atoms with Gasteiger partial charge in [-0.05, 0) is 56.0 Å². The first kappa shape index (κ1) is 21.1. The van der Waals surface area contributed by atoms with Crippen molar-refractivity contribution in [2.45, 2.75) is 59.3 Å². The second-order valence-corrected chi connectivity index (χ2v) is 8.86. The smallest absolute Gasteiger partial charge is 0.0146 e. The van der Waals surface area contributed by atoms with E-state index in [0.29, 0.717) is 17.8 Å². The van der Waals surface area contributed by atoms with Crippen molar-refractivity contribution in [3.63, 3.8) is 0 Å². The summed E-state index contributed by atoms with van der Waals surface area (Å²) >= 11 is 0. The van der Waals surface area contributed by atoms with Crippen molar-refractivity contribution < 1.29 is 0 Å². The molecule has 4 aromatic carbocycles. The lowest BCUT2D eigenvalue weighted by atomic mass is 9.86. The maximum absolute atomic E-state index is 2.29. The van der Waals surface area contributed by atoms with Crippen LogP contribution in [0.3, 0.4) is 0 Å². The largest absolute Gasteiger partial charge is 0.0616 e. The van der Waals surface area contributed by atoms with E-state index in [0.717, 1.165) is 0 Å². The molecule has 0 aliphatic rings. The Hall–Kier alpha value is -2.60. The van der Waals surface area contributed by atoms with Gasteiger partial charge in [-0.15, -0.1) is 0 Å².